The van der Waals surface area contributed by atoms with E-state index in [-0.39, 0.29) is 24.8 Å². The highest BCUT2D eigenvalue weighted by atomic mass is 35.5. The van der Waals surface area contributed by atoms with Gasteiger partial charge in [0.25, 0.3) is 0 Å². The molecule has 8 nitrogen and oxygen atoms in total. The zero-order chi connectivity index (χ0) is 21.0. The molecule has 29 heavy (non-hydrogen) atoms. The number of thiophene rings is 1. The standard InChI is InChI=1S/C17H19Cl2N5O3S2/c18-14-2-1-12(28-14)4-10-29(26,27)24-9-8-23(15(25)11-24)7-6-21-13-3-5-22-17(20)16(13)19/h1-5,10H,6-9,11H2,(H3,20,21,22). The minimum absolute atomic E-state index is 0.194. The number of nitrogens with one attached hydrogen (secondary N) is 1. The highest BCUT2D eigenvalue weighted by Crippen LogP contribution is 2.25. The van der Waals surface area contributed by atoms with E-state index in [9.17, 15) is 13.2 Å². The van der Waals surface area contributed by atoms with Crippen LogP contribution in [0.1, 0.15) is 4.88 Å². The van der Waals surface area contributed by atoms with E-state index in [0.29, 0.717) is 34.7 Å². The van der Waals surface area contributed by atoms with Crippen molar-refractivity contribution in [3.05, 3.63) is 44.0 Å². The molecule has 0 spiro atoms. The minimum Gasteiger partial charge on any atom is -0.382 e. The highest BCUT2D eigenvalue weighted by Gasteiger charge is 2.30. The smallest absolute Gasteiger partial charge is 0.238 e. The third kappa shape index (κ3) is 5.61. The molecule has 0 radical (unpaired) electrons. The monoisotopic (exact) mass is 475 g/mol. The highest BCUT2D eigenvalue weighted by molar-refractivity contribution is 7.92. The number of piperazine rings is 1. The second-order valence-electron chi connectivity index (χ2n) is 6.19. The van der Waals surface area contributed by atoms with Gasteiger partial charge in [0.05, 0.1) is 16.6 Å². The molecule has 0 unspecified atom stereocenters. The van der Waals surface area contributed by atoms with Crippen molar-refractivity contribution in [3.8, 4) is 0 Å². The van der Waals surface area contributed by atoms with Crippen molar-refractivity contribution >= 4 is 68.1 Å². The van der Waals surface area contributed by atoms with Gasteiger partial charge >= 0.3 is 0 Å². The van der Waals surface area contributed by atoms with Crippen LogP contribution in [-0.4, -0.2) is 61.2 Å². The van der Waals surface area contributed by atoms with Crippen LogP contribution >= 0.6 is 34.5 Å². The summed E-state index contributed by atoms with van der Waals surface area (Å²) in [6, 6.07) is 5.12. The van der Waals surface area contributed by atoms with Crippen molar-refractivity contribution in [3.63, 3.8) is 0 Å². The number of nitrogens with two attached hydrogens (primary N) is 1. The first-order valence-corrected chi connectivity index (χ1v) is 11.7. The van der Waals surface area contributed by atoms with E-state index >= 15 is 0 Å². The largest absolute Gasteiger partial charge is 0.382 e. The van der Waals surface area contributed by atoms with Gasteiger partial charge in [-0.2, -0.15) is 4.31 Å². The summed E-state index contributed by atoms with van der Waals surface area (Å²) in [5.74, 6) is -0.0287. The molecule has 1 aliphatic heterocycles. The van der Waals surface area contributed by atoms with Gasteiger partial charge in [0.15, 0.2) is 0 Å². The molecule has 3 N–H and O–H groups in total. The zero-order valence-electron chi connectivity index (χ0n) is 15.2. The number of pyridine rings is 1. The van der Waals surface area contributed by atoms with Crippen molar-refractivity contribution in [2.75, 3.05) is 43.8 Å². The third-order valence-electron chi connectivity index (χ3n) is 4.26. The van der Waals surface area contributed by atoms with Crippen molar-refractivity contribution < 1.29 is 13.2 Å². The SMILES string of the molecule is Nc1nccc(NCCN2CCN(S(=O)(=O)C=Cc3ccc(Cl)s3)CC2=O)c1Cl. The lowest BCUT2D eigenvalue weighted by Crippen LogP contribution is -2.52. The van der Waals surface area contributed by atoms with Crippen molar-refractivity contribution in [2.45, 2.75) is 0 Å². The summed E-state index contributed by atoms with van der Waals surface area (Å²) in [4.78, 5) is 18.6. The van der Waals surface area contributed by atoms with Gasteiger partial charge in [-0.1, -0.05) is 23.2 Å². The molecule has 2 aromatic rings. The van der Waals surface area contributed by atoms with E-state index in [1.807, 2.05) is 0 Å². The summed E-state index contributed by atoms with van der Waals surface area (Å²) in [5.41, 5.74) is 6.29. The van der Waals surface area contributed by atoms with E-state index in [4.69, 9.17) is 28.9 Å². The Morgan fingerprint density at radius 1 is 1.28 bits per heavy atom. The molecule has 1 fully saturated rings. The molecule has 0 bridgehead atoms. The number of carbonyl (C=O) groups excluding carboxylic acids is 1. The lowest BCUT2D eigenvalue weighted by molar-refractivity contribution is -0.133. The van der Waals surface area contributed by atoms with Crippen LogP contribution in [0.25, 0.3) is 6.08 Å². The number of halogens is 2. The third-order valence-corrected chi connectivity index (χ3v) is 7.36. The van der Waals surface area contributed by atoms with Crippen LogP contribution in [0.15, 0.2) is 29.8 Å². The van der Waals surface area contributed by atoms with Crippen LogP contribution in [0.4, 0.5) is 11.5 Å². The van der Waals surface area contributed by atoms with Crippen LogP contribution in [0.5, 0.6) is 0 Å². The Bertz CT molecular complexity index is 1030. The fraction of sp³-hybridized carbons (Fsp3) is 0.294. The second kappa shape index (κ2) is 9.31. The quantitative estimate of drug-likeness (QED) is 0.636. The molecule has 0 atom stereocenters. The van der Waals surface area contributed by atoms with Crippen LogP contribution in [0, 0.1) is 0 Å². The topological polar surface area (TPSA) is 109 Å². The summed E-state index contributed by atoms with van der Waals surface area (Å²) < 4.78 is 26.7. The van der Waals surface area contributed by atoms with Gasteiger partial charge in [0, 0.05) is 42.7 Å². The maximum atomic E-state index is 12.5. The summed E-state index contributed by atoms with van der Waals surface area (Å²) >= 11 is 13.2. The normalized spacial score (nSPS) is 15.9. The number of nitrogens with zero attached hydrogens (tertiary/aromatic N) is 3. The van der Waals surface area contributed by atoms with Crippen LogP contribution < -0.4 is 11.1 Å². The summed E-state index contributed by atoms with van der Waals surface area (Å²) in [6.45, 7) is 1.20. The predicted octanol–water partition coefficient (Wildman–Crippen LogP) is 2.59. The Labute approximate surface area is 183 Å². The first-order valence-electron chi connectivity index (χ1n) is 8.61. The van der Waals surface area contributed by atoms with Crippen LogP contribution in [0.3, 0.4) is 0 Å². The Hall–Kier alpha value is -1.85. The van der Waals surface area contributed by atoms with Gasteiger partial charge in [-0.3, -0.25) is 4.79 Å². The van der Waals surface area contributed by atoms with Crippen molar-refractivity contribution in [1.29, 1.82) is 0 Å². The Kier molecular flexibility index (Phi) is 7.01. The van der Waals surface area contributed by atoms with Crippen molar-refractivity contribution in [2.24, 2.45) is 0 Å². The summed E-state index contributed by atoms with van der Waals surface area (Å²) in [6.07, 6.45) is 3.02. The molecule has 2 aromatic heterocycles. The molecule has 12 heteroatoms. The molecular weight excluding hydrogens is 457 g/mol. The van der Waals surface area contributed by atoms with Crippen LogP contribution in [-0.2, 0) is 14.8 Å². The summed E-state index contributed by atoms with van der Waals surface area (Å²) in [7, 11) is -3.69. The van der Waals surface area contributed by atoms with Gasteiger partial charge in [-0.15, -0.1) is 11.3 Å². The first-order chi connectivity index (χ1) is 13.8. The zero-order valence-corrected chi connectivity index (χ0v) is 18.4. The van der Waals surface area contributed by atoms with E-state index in [1.165, 1.54) is 27.9 Å². The number of amides is 1. The molecule has 0 aliphatic carbocycles. The number of anilines is 2. The van der Waals surface area contributed by atoms with Crippen molar-refractivity contribution in [1.82, 2.24) is 14.2 Å². The minimum atomic E-state index is -3.69. The Balaban J connectivity index is 1.52. The molecule has 156 valence electrons. The number of nitrogen functional groups attached to an aromatic ring is 1. The Morgan fingerprint density at radius 2 is 2.07 bits per heavy atom. The van der Waals surface area contributed by atoms with Gasteiger partial charge in [-0.05, 0) is 24.3 Å². The summed E-state index contributed by atoms with van der Waals surface area (Å²) in [5, 5.41) is 4.54. The molecule has 1 saturated heterocycles. The van der Waals surface area contributed by atoms with Gasteiger partial charge in [0.1, 0.15) is 10.8 Å². The fourth-order valence-electron chi connectivity index (χ4n) is 2.72. The number of carbonyl (C=O) groups is 1. The molecular formula is C17H19Cl2N5O3S2. The van der Waals surface area contributed by atoms with E-state index in [2.05, 4.69) is 10.3 Å². The molecule has 3 heterocycles. The van der Waals surface area contributed by atoms with Gasteiger partial charge < -0.3 is 16.0 Å². The number of hydrogen-bond acceptors (Lipinski definition) is 7. The predicted molar refractivity (Wildman–Crippen MR) is 118 cm³/mol. The molecule has 0 saturated carbocycles. The molecule has 3 rings (SSSR count). The van der Waals surface area contributed by atoms with Gasteiger partial charge in [-0.25, -0.2) is 13.4 Å². The lowest BCUT2D eigenvalue weighted by atomic mass is 10.3. The number of aromatic nitrogens is 1. The van der Waals surface area contributed by atoms with Gasteiger partial charge in [0.2, 0.25) is 15.9 Å². The average Bonchev–Trinajstić information content (AvgIpc) is 3.10. The first kappa shape index (κ1) is 21.8. The maximum absolute atomic E-state index is 12.5. The number of sulfonamides is 1. The molecule has 1 amide bonds. The second-order valence-corrected chi connectivity index (χ2v) is 10.1. The van der Waals surface area contributed by atoms with E-state index in [1.54, 1.807) is 23.1 Å². The molecule has 1 aliphatic rings. The van der Waals surface area contributed by atoms with Crippen LogP contribution in [0.2, 0.25) is 9.36 Å². The maximum Gasteiger partial charge on any atom is 0.238 e. The fourth-order valence-corrected chi connectivity index (χ4v) is 5.07. The Morgan fingerprint density at radius 3 is 2.76 bits per heavy atom. The van der Waals surface area contributed by atoms with E-state index < -0.39 is 10.0 Å². The number of rotatable bonds is 7. The number of hydrogen-bond donors (Lipinski definition) is 2. The van der Waals surface area contributed by atoms with E-state index in [0.717, 1.165) is 10.3 Å². The lowest BCUT2D eigenvalue weighted by Gasteiger charge is -2.33. The average molecular weight is 476 g/mol. The molecule has 0 aromatic carbocycles.